The summed E-state index contributed by atoms with van der Waals surface area (Å²) in [5, 5.41) is 9.74. The van der Waals surface area contributed by atoms with Gasteiger partial charge in [0.1, 0.15) is 10.9 Å². The molecule has 1 aliphatic rings. The van der Waals surface area contributed by atoms with Crippen molar-refractivity contribution in [2.45, 2.75) is 12.0 Å². The summed E-state index contributed by atoms with van der Waals surface area (Å²) in [5.41, 5.74) is 7.28. The number of benzene rings is 1. The SMILES string of the molecule is N[C@]1(CCO)c2cc(Br)ccc2Oc2cnc(Cl)cc21. The molecule has 0 fully saturated rings. The lowest BCUT2D eigenvalue weighted by Crippen LogP contribution is -2.41. The Morgan fingerprint density at radius 2 is 2.05 bits per heavy atom. The Morgan fingerprint density at radius 1 is 1.30 bits per heavy atom. The Morgan fingerprint density at radius 3 is 2.80 bits per heavy atom. The van der Waals surface area contributed by atoms with Crippen LogP contribution in [-0.2, 0) is 5.54 Å². The van der Waals surface area contributed by atoms with Gasteiger partial charge in [-0.05, 0) is 30.7 Å². The molecule has 0 radical (unpaired) electrons. The highest BCUT2D eigenvalue weighted by atomic mass is 79.9. The lowest BCUT2D eigenvalue weighted by molar-refractivity contribution is 0.246. The smallest absolute Gasteiger partial charge is 0.151 e. The lowest BCUT2D eigenvalue weighted by Gasteiger charge is -2.36. The fraction of sp³-hybridized carbons (Fsp3) is 0.214. The molecule has 3 rings (SSSR count). The summed E-state index contributed by atoms with van der Waals surface area (Å²) in [6.45, 7) is -0.0398. The van der Waals surface area contributed by atoms with Crippen LogP contribution in [0.1, 0.15) is 17.5 Å². The summed E-state index contributed by atoms with van der Waals surface area (Å²) < 4.78 is 6.72. The molecule has 1 aromatic heterocycles. The van der Waals surface area contributed by atoms with Crippen molar-refractivity contribution >= 4 is 27.5 Å². The Labute approximate surface area is 129 Å². The van der Waals surface area contributed by atoms with E-state index in [0.29, 0.717) is 23.1 Å². The maximum Gasteiger partial charge on any atom is 0.151 e. The monoisotopic (exact) mass is 354 g/mol. The highest BCUT2D eigenvalue weighted by Gasteiger charge is 2.39. The van der Waals surface area contributed by atoms with E-state index < -0.39 is 5.54 Å². The van der Waals surface area contributed by atoms with Gasteiger partial charge in [0.05, 0.1) is 11.7 Å². The van der Waals surface area contributed by atoms with Gasteiger partial charge in [0.2, 0.25) is 0 Å². The first kappa shape index (κ1) is 13.8. The molecule has 1 atom stereocenters. The van der Waals surface area contributed by atoms with E-state index in [1.165, 1.54) is 0 Å². The number of hydrogen-bond donors (Lipinski definition) is 2. The second kappa shape index (κ2) is 5.00. The molecule has 0 bridgehead atoms. The summed E-state index contributed by atoms with van der Waals surface area (Å²) >= 11 is 9.40. The van der Waals surface area contributed by atoms with Gasteiger partial charge in [-0.3, -0.25) is 0 Å². The maximum atomic E-state index is 9.39. The maximum absolute atomic E-state index is 9.39. The van der Waals surface area contributed by atoms with Crippen molar-refractivity contribution in [2.75, 3.05) is 6.61 Å². The van der Waals surface area contributed by atoms with Gasteiger partial charge in [-0.25, -0.2) is 4.98 Å². The van der Waals surface area contributed by atoms with Gasteiger partial charge in [0.25, 0.3) is 0 Å². The first-order chi connectivity index (χ1) is 9.54. The van der Waals surface area contributed by atoms with Gasteiger partial charge in [-0.15, -0.1) is 0 Å². The fourth-order valence-corrected chi connectivity index (χ4v) is 3.02. The zero-order chi connectivity index (χ0) is 14.3. The zero-order valence-electron chi connectivity index (χ0n) is 10.4. The molecule has 1 aliphatic heterocycles. The topological polar surface area (TPSA) is 68.4 Å². The fourth-order valence-electron chi connectivity index (χ4n) is 2.50. The van der Waals surface area contributed by atoms with Gasteiger partial charge in [0, 0.05) is 22.2 Å². The molecule has 20 heavy (non-hydrogen) atoms. The van der Waals surface area contributed by atoms with Gasteiger partial charge in [-0.2, -0.15) is 0 Å². The third-order valence-corrected chi connectivity index (χ3v) is 4.16. The highest BCUT2D eigenvalue weighted by Crippen LogP contribution is 2.47. The molecule has 0 unspecified atom stereocenters. The molecule has 104 valence electrons. The van der Waals surface area contributed by atoms with Crippen LogP contribution < -0.4 is 10.5 Å². The number of aliphatic hydroxyl groups excluding tert-OH is 1. The van der Waals surface area contributed by atoms with Crippen LogP contribution in [0.15, 0.2) is 34.9 Å². The minimum atomic E-state index is -0.853. The van der Waals surface area contributed by atoms with Crippen molar-refractivity contribution in [2.24, 2.45) is 5.73 Å². The van der Waals surface area contributed by atoms with Crippen molar-refractivity contribution in [1.82, 2.24) is 4.98 Å². The molecule has 0 aliphatic carbocycles. The quantitative estimate of drug-likeness (QED) is 0.812. The van der Waals surface area contributed by atoms with Gasteiger partial charge in [0.15, 0.2) is 5.75 Å². The minimum Gasteiger partial charge on any atom is -0.455 e. The number of fused-ring (bicyclic) bond motifs is 2. The van der Waals surface area contributed by atoms with Crippen LogP contribution in [0, 0.1) is 0 Å². The van der Waals surface area contributed by atoms with Crippen LogP contribution in [0.2, 0.25) is 5.15 Å². The largest absolute Gasteiger partial charge is 0.455 e. The molecule has 0 saturated heterocycles. The summed E-state index contributed by atoms with van der Waals surface area (Å²) in [6, 6.07) is 7.32. The van der Waals surface area contributed by atoms with Crippen LogP contribution in [0.25, 0.3) is 0 Å². The molecule has 0 saturated carbocycles. The Balaban J connectivity index is 2.26. The van der Waals surface area contributed by atoms with Crippen molar-refractivity contribution in [1.29, 1.82) is 0 Å². The van der Waals surface area contributed by atoms with Crippen LogP contribution in [-0.4, -0.2) is 16.7 Å². The highest BCUT2D eigenvalue weighted by molar-refractivity contribution is 9.10. The molecule has 3 N–H and O–H groups in total. The molecule has 4 nitrogen and oxygen atoms in total. The predicted octanol–water partition coefficient (Wildman–Crippen LogP) is 3.19. The second-order valence-electron chi connectivity index (χ2n) is 4.69. The number of nitrogens with two attached hydrogens (primary N) is 1. The molecular formula is C14H12BrClN2O2. The van der Waals surface area contributed by atoms with Crippen molar-refractivity contribution in [3.8, 4) is 11.5 Å². The standard InChI is InChI=1S/C14H12BrClN2O2/c15-8-1-2-11-9(5-8)14(17,3-4-19)10-6-13(16)18-7-12(10)20-11/h1-2,5-7,19H,3-4,17H2/t14-/m1/s1. The van der Waals surface area contributed by atoms with Crippen LogP contribution in [0.3, 0.4) is 0 Å². The summed E-state index contributed by atoms with van der Waals surface area (Å²) in [5.74, 6) is 1.24. The summed E-state index contributed by atoms with van der Waals surface area (Å²) in [6.07, 6.45) is 1.93. The van der Waals surface area contributed by atoms with Gasteiger partial charge >= 0.3 is 0 Å². The van der Waals surface area contributed by atoms with E-state index in [-0.39, 0.29) is 6.61 Å². The van der Waals surface area contributed by atoms with E-state index in [2.05, 4.69) is 20.9 Å². The van der Waals surface area contributed by atoms with E-state index in [1.54, 1.807) is 12.3 Å². The van der Waals surface area contributed by atoms with E-state index >= 15 is 0 Å². The Kier molecular flexibility index (Phi) is 3.46. The summed E-state index contributed by atoms with van der Waals surface area (Å²) in [4.78, 5) is 4.02. The number of hydrogen-bond acceptors (Lipinski definition) is 4. The van der Waals surface area contributed by atoms with E-state index in [1.807, 2.05) is 18.2 Å². The number of nitrogens with zero attached hydrogens (tertiary/aromatic N) is 1. The number of aromatic nitrogens is 1. The average molecular weight is 356 g/mol. The molecule has 2 aromatic rings. The van der Waals surface area contributed by atoms with Crippen LogP contribution in [0.5, 0.6) is 11.5 Å². The van der Waals surface area contributed by atoms with Gasteiger partial charge in [-0.1, -0.05) is 27.5 Å². The number of ether oxygens (including phenoxy) is 1. The van der Waals surface area contributed by atoms with Gasteiger partial charge < -0.3 is 15.6 Å². The first-order valence-corrected chi connectivity index (χ1v) is 7.25. The Hall–Kier alpha value is -1.14. The summed E-state index contributed by atoms with van der Waals surface area (Å²) in [7, 11) is 0. The third kappa shape index (κ3) is 2.11. The first-order valence-electron chi connectivity index (χ1n) is 6.08. The van der Waals surface area contributed by atoms with Crippen molar-refractivity contribution < 1.29 is 9.84 Å². The number of pyridine rings is 1. The van der Waals surface area contributed by atoms with E-state index in [9.17, 15) is 5.11 Å². The van der Waals surface area contributed by atoms with Crippen molar-refractivity contribution in [3.05, 3.63) is 51.2 Å². The van der Waals surface area contributed by atoms with E-state index in [4.69, 9.17) is 22.1 Å². The molecular weight excluding hydrogens is 344 g/mol. The zero-order valence-corrected chi connectivity index (χ0v) is 12.8. The molecule has 6 heteroatoms. The normalized spacial score (nSPS) is 20.0. The molecule has 0 spiro atoms. The molecule has 1 aromatic carbocycles. The second-order valence-corrected chi connectivity index (χ2v) is 5.99. The Bertz CT molecular complexity index is 627. The minimum absolute atomic E-state index is 0.0398. The average Bonchev–Trinajstić information content (AvgIpc) is 2.42. The molecule has 0 amide bonds. The number of aliphatic hydroxyl groups is 1. The lowest BCUT2D eigenvalue weighted by atomic mass is 9.79. The molecule has 2 heterocycles. The number of rotatable bonds is 2. The third-order valence-electron chi connectivity index (χ3n) is 3.46. The van der Waals surface area contributed by atoms with E-state index in [0.717, 1.165) is 15.6 Å². The predicted molar refractivity (Wildman–Crippen MR) is 80.1 cm³/mol. The van der Waals surface area contributed by atoms with Crippen LogP contribution >= 0.6 is 27.5 Å². The van der Waals surface area contributed by atoms with Crippen molar-refractivity contribution in [3.63, 3.8) is 0 Å². The van der Waals surface area contributed by atoms with Crippen LogP contribution in [0.4, 0.5) is 0 Å². The number of halogens is 2.